The number of methoxy groups -OCH3 is 1. The molecule has 1 aromatic carbocycles. The Morgan fingerprint density at radius 1 is 1.17 bits per heavy atom. The highest BCUT2D eigenvalue weighted by Crippen LogP contribution is 2.23. The molecule has 0 fully saturated rings. The highest BCUT2D eigenvalue weighted by molar-refractivity contribution is 7.12. The maximum Gasteiger partial charge on any atom is 0.268 e. The maximum absolute atomic E-state index is 12.2. The third-order valence-corrected chi connectivity index (χ3v) is 4.96. The first-order chi connectivity index (χ1) is 14.1. The summed E-state index contributed by atoms with van der Waals surface area (Å²) in [6.07, 6.45) is 0. The van der Waals surface area contributed by atoms with E-state index < -0.39 is 0 Å². The van der Waals surface area contributed by atoms with E-state index in [1.165, 1.54) is 17.4 Å². The van der Waals surface area contributed by atoms with Crippen LogP contribution in [-0.4, -0.2) is 46.1 Å². The summed E-state index contributed by atoms with van der Waals surface area (Å²) >= 11 is 1.36. The summed E-state index contributed by atoms with van der Waals surface area (Å²) < 4.78 is 4.99. The lowest BCUT2D eigenvalue weighted by molar-refractivity contribution is 0.103. The van der Waals surface area contributed by atoms with Crippen LogP contribution in [0.4, 0.5) is 11.9 Å². The molecule has 0 bridgehead atoms. The van der Waals surface area contributed by atoms with Crippen molar-refractivity contribution in [3.8, 4) is 11.3 Å². The molecule has 0 atom stereocenters. The van der Waals surface area contributed by atoms with E-state index in [2.05, 4.69) is 30.6 Å². The molecule has 4 N–H and O–H groups in total. The van der Waals surface area contributed by atoms with Gasteiger partial charge in [0.25, 0.3) is 11.5 Å². The maximum atomic E-state index is 12.2. The molecule has 0 saturated carbocycles. The second kappa shape index (κ2) is 8.25. The third-order valence-electron chi connectivity index (χ3n) is 4.09. The fourth-order valence-corrected chi connectivity index (χ4v) is 3.38. The van der Waals surface area contributed by atoms with Crippen molar-refractivity contribution in [3.05, 3.63) is 57.0 Å². The number of H-pyrrole nitrogens is 2. The predicted molar refractivity (Wildman–Crippen MR) is 113 cm³/mol. The first kappa shape index (κ1) is 18.8. The van der Waals surface area contributed by atoms with Crippen LogP contribution in [0.2, 0.25) is 0 Å². The second-order valence-corrected chi connectivity index (χ2v) is 7.10. The van der Waals surface area contributed by atoms with Crippen LogP contribution < -0.4 is 16.2 Å². The van der Waals surface area contributed by atoms with E-state index in [1.54, 1.807) is 13.2 Å². The number of ether oxygens (including phenoxy) is 1. The quantitative estimate of drug-likeness (QED) is 0.347. The van der Waals surface area contributed by atoms with Crippen LogP contribution in [0.15, 0.2) is 46.6 Å². The summed E-state index contributed by atoms with van der Waals surface area (Å²) in [7, 11) is 1.60. The number of nitrogens with one attached hydrogen (secondary N) is 4. The number of nitrogens with zero attached hydrogens (tertiary/aromatic N) is 2. The molecule has 0 aliphatic rings. The molecule has 148 valence electrons. The van der Waals surface area contributed by atoms with Gasteiger partial charge in [0.15, 0.2) is 0 Å². The number of carbonyl (C=O) groups is 1. The largest absolute Gasteiger partial charge is 0.383 e. The Labute approximate surface area is 169 Å². The molecule has 0 aliphatic heterocycles. The lowest BCUT2D eigenvalue weighted by atomic mass is 10.1. The van der Waals surface area contributed by atoms with Gasteiger partial charge in [-0.05, 0) is 23.6 Å². The Hall–Kier alpha value is -3.50. The number of aromatic nitrogens is 4. The van der Waals surface area contributed by atoms with Crippen molar-refractivity contribution in [2.24, 2.45) is 0 Å². The Morgan fingerprint density at radius 2 is 2.07 bits per heavy atom. The van der Waals surface area contributed by atoms with E-state index in [-0.39, 0.29) is 11.5 Å². The van der Waals surface area contributed by atoms with Crippen LogP contribution >= 0.6 is 11.3 Å². The number of rotatable bonds is 7. The lowest BCUT2D eigenvalue weighted by Crippen LogP contribution is -2.15. The lowest BCUT2D eigenvalue weighted by Gasteiger charge is -2.06. The summed E-state index contributed by atoms with van der Waals surface area (Å²) in [4.78, 5) is 39.4. The van der Waals surface area contributed by atoms with Gasteiger partial charge >= 0.3 is 0 Å². The van der Waals surface area contributed by atoms with Crippen LogP contribution in [0.5, 0.6) is 0 Å². The fourth-order valence-electron chi connectivity index (χ4n) is 2.77. The molecule has 29 heavy (non-hydrogen) atoms. The average Bonchev–Trinajstić information content (AvgIpc) is 3.36. The summed E-state index contributed by atoms with van der Waals surface area (Å²) in [6, 6.07) is 10.5. The SMILES string of the molecule is COCCNc1nc(-c2ccc3nc(NC(=O)c4cccs4)[nH]c3c2)cc(=O)[nH]1. The number of carbonyl (C=O) groups excluding carboxylic acids is 1. The van der Waals surface area contributed by atoms with Crippen LogP contribution in [0.3, 0.4) is 0 Å². The van der Waals surface area contributed by atoms with E-state index in [0.29, 0.717) is 41.1 Å². The molecule has 9 nitrogen and oxygen atoms in total. The van der Waals surface area contributed by atoms with Gasteiger partial charge in [-0.3, -0.25) is 19.9 Å². The topological polar surface area (TPSA) is 125 Å². The molecular formula is C19H18N6O3S. The molecule has 10 heteroatoms. The smallest absolute Gasteiger partial charge is 0.268 e. The highest BCUT2D eigenvalue weighted by atomic mass is 32.1. The van der Waals surface area contributed by atoms with Crippen molar-refractivity contribution in [2.45, 2.75) is 0 Å². The summed E-state index contributed by atoms with van der Waals surface area (Å²) in [5, 5.41) is 7.61. The summed E-state index contributed by atoms with van der Waals surface area (Å²) in [5.74, 6) is 0.511. The Balaban J connectivity index is 1.59. The minimum Gasteiger partial charge on any atom is -0.383 e. The van der Waals surface area contributed by atoms with E-state index in [9.17, 15) is 9.59 Å². The van der Waals surface area contributed by atoms with Crippen molar-refractivity contribution in [3.63, 3.8) is 0 Å². The van der Waals surface area contributed by atoms with Gasteiger partial charge in [-0.15, -0.1) is 11.3 Å². The minimum atomic E-state index is -0.261. The monoisotopic (exact) mass is 410 g/mol. The first-order valence-corrected chi connectivity index (χ1v) is 9.69. The summed E-state index contributed by atoms with van der Waals surface area (Å²) in [6.45, 7) is 1.02. The first-order valence-electron chi connectivity index (χ1n) is 8.81. The van der Waals surface area contributed by atoms with E-state index >= 15 is 0 Å². The summed E-state index contributed by atoms with van der Waals surface area (Å²) in [5.41, 5.74) is 2.43. The van der Waals surface area contributed by atoms with Crippen molar-refractivity contribution in [2.75, 3.05) is 30.9 Å². The predicted octanol–water partition coefficient (Wildman–Crippen LogP) is 2.69. The molecule has 0 aliphatic carbocycles. The number of fused-ring (bicyclic) bond motifs is 1. The Morgan fingerprint density at radius 3 is 2.86 bits per heavy atom. The van der Waals surface area contributed by atoms with Gasteiger partial charge in [0.1, 0.15) is 0 Å². The van der Waals surface area contributed by atoms with Gasteiger partial charge in [-0.1, -0.05) is 12.1 Å². The van der Waals surface area contributed by atoms with Crippen LogP contribution in [0.1, 0.15) is 9.67 Å². The van der Waals surface area contributed by atoms with Gasteiger partial charge < -0.3 is 15.0 Å². The van der Waals surface area contributed by atoms with Crippen LogP contribution in [-0.2, 0) is 4.74 Å². The number of aromatic amines is 2. The van der Waals surface area contributed by atoms with Crippen molar-refractivity contribution >= 4 is 40.2 Å². The molecule has 4 aromatic rings. The third kappa shape index (κ3) is 4.33. The minimum absolute atomic E-state index is 0.220. The number of benzene rings is 1. The van der Waals surface area contributed by atoms with Crippen LogP contribution in [0.25, 0.3) is 22.3 Å². The Bertz CT molecular complexity index is 1200. The number of thiophene rings is 1. The van der Waals surface area contributed by atoms with Gasteiger partial charge in [-0.2, -0.15) is 0 Å². The number of imidazole rings is 1. The van der Waals surface area contributed by atoms with Gasteiger partial charge in [-0.25, -0.2) is 9.97 Å². The van der Waals surface area contributed by atoms with Gasteiger partial charge in [0.2, 0.25) is 11.9 Å². The van der Waals surface area contributed by atoms with Crippen molar-refractivity contribution in [1.82, 2.24) is 19.9 Å². The molecule has 0 unspecified atom stereocenters. The van der Waals surface area contributed by atoms with Crippen molar-refractivity contribution < 1.29 is 9.53 Å². The zero-order chi connectivity index (χ0) is 20.2. The molecule has 0 radical (unpaired) electrons. The van der Waals surface area contributed by atoms with E-state index in [1.807, 2.05) is 29.6 Å². The number of hydrogen-bond donors (Lipinski definition) is 4. The second-order valence-electron chi connectivity index (χ2n) is 6.15. The zero-order valence-electron chi connectivity index (χ0n) is 15.5. The number of amides is 1. The van der Waals surface area contributed by atoms with Crippen LogP contribution in [0, 0.1) is 0 Å². The molecule has 0 saturated heterocycles. The molecule has 3 aromatic heterocycles. The average molecular weight is 410 g/mol. The number of anilines is 2. The molecular weight excluding hydrogens is 392 g/mol. The molecule has 1 amide bonds. The van der Waals surface area contributed by atoms with Gasteiger partial charge in [0.05, 0.1) is 28.2 Å². The number of hydrogen-bond acceptors (Lipinski definition) is 7. The molecule has 4 rings (SSSR count). The van der Waals surface area contributed by atoms with Gasteiger partial charge in [0, 0.05) is 25.3 Å². The Kier molecular flexibility index (Phi) is 5.36. The molecule has 3 heterocycles. The van der Waals surface area contributed by atoms with Crippen molar-refractivity contribution in [1.29, 1.82) is 0 Å². The molecule has 0 spiro atoms. The van der Waals surface area contributed by atoms with E-state index in [4.69, 9.17) is 4.74 Å². The normalized spacial score (nSPS) is 10.9. The zero-order valence-corrected chi connectivity index (χ0v) is 16.3. The van der Waals surface area contributed by atoms with E-state index in [0.717, 1.165) is 11.1 Å². The standard InChI is InChI=1S/C19H18N6O3S/c1-28-7-6-20-18-22-13(10-16(26)24-18)11-4-5-12-14(9-11)23-19(21-12)25-17(27)15-3-2-8-29-15/h2-5,8-10H,6-7H2,1H3,(H2,20,22,24,26)(H2,21,23,25,27). The highest BCUT2D eigenvalue weighted by Gasteiger charge is 2.11. The fraction of sp³-hybridized carbons (Fsp3) is 0.158.